The molecule has 8 aliphatic rings. The van der Waals surface area contributed by atoms with Gasteiger partial charge in [0.15, 0.2) is 12.6 Å². The predicted molar refractivity (Wildman–Crippen MR) is 230 cm³/mol. The van der Waals surface area contributed by atoms with Crippen molar-refractivity contribution in [2.75, 3.05) is 13.2 Å². The Balaban J connectivity index is 0.998. The van der Waals surface area contributed by atoms with Crippen LogP contribution in [0.25, 0.3) is 0 Å². The van der Waals surface area contributed by atoms with E-state index < -0.39 is 146 Å². The van der Waals surface area contributed by atoms with Crippen molar-refractivity contribution in [2.24, 2.45) is 51.2 Å². The van der Waals surface area contributed by atoms with Crippen LogP contribution in [0.5, 0.6) is 0 Å². The van der Waals surface area contributed by atoms with E-state index in [1.807, 2.05) is 13.8 Å². The first-order chi connectivity index (χ1) is 31.4. The average molecular weight is 955 g/mol. The highest BCUT2D eigenvalue weighted by Gasteiger charge is 2.75. The summed E-state index contributed by atoms with van der Waals surface area (Å²) in [6, 6.07) is 0. The number of rotatable bonds is 10. The Kier molecular flexibility index (Phi) is 14.1. The van der Waals surface area contributed by atoms with Crippen LogP contribution >= 0.6 is 0 Å². The molecular formula is C48H74O19. The largest absolute Gasteiger partial charge is 0.462 e. The molecule has 0 radical (unpaired) electrons. The van der Waals surface area contributed by atoms with E-state index in [0.29, 0.717) is 32.1 Å². The lowest BCUT2D eigenvalue weighted by molar-refractivity contribution is -0.361. The Hall–Kier alpha value is -2.18. The van der Waals surface area contributed by atoms with E-state index >= 15 is 4.79 Å². The summed E-state index contributed by atoms with van der Waals surface area (Å²) in [5.41, 5.74) is -0.717. The summed E-state index contributed by atoms with van der Waals surface area (Å²) >= 11 is 0. The summed E-state index contributed by atoms with van der Waals surface area (Å²) in [6.07, 6.45) is -22.1. The molecule has 4 aliphatic heterocycles. The Bertz CT molecular complexity index is 1880. The van der Waals surface area contributed by atoms with E-state index in [9.17, 15) is 55.9 Å². The number of esters is 2. The highest BCUT2D eigenvalue weighted by atomic mass is 16.8. The van der Waals surface area contributed by atoms with Crippen LogP contribution in [-0.4, -0.2) is 181 Å². The molecule has 0 aromatic heterocycles. The molecule has 0 spiro atoms. The van der Waals surface area contributed by atoms with Gasteiger partial charge in [0.2, 0.25) is 6.29 Å². The van der Waals surface area contributed by atoms with Crippen molar-refractivity contribution in [3.63, 3.8) is 0 Å². The average Bonchev–Trinajstić information content (AvgIpc) is 3.64. The monoisotopic (exact) mass is 954 g/mol. The van der Waals surface area contributed by atoms with E-state index in [1.54, 1.807) is 0 Å². The minimum Gasteiger partial charge on any atom is -0.462 e. The van der Waals surface area contributed by atoms with E-state index in [-0.39, 0.29) is 41.4 Å². The van der Waals surface area contributed by atoms with Gasteiger partial charge in [0, 0.05) is 11.3 Å². The molecule has 4 aliphatic carbocycles. The quantitative estimate of drug-likeness (QED) is 0.0994. The third-order valence-corrected chi connectivity index (χ3v) is 18.8. The van der Waals surface area contributed by atoms with E-state index in [2.05, 4.69) is 33.9 Å². The van der Waals surface area contributed by atoms with Crippen molar-refractivity contribution in [3.05, 3.63) is 24.3 Å². The molecular weight excluding hydrogens is 881 g/mol. The second-order valence-electron chi connectivity index (χ2n) is 22.1. The Morgan fingerprint density at radius 3 is 2.03 bits per heavy atom. The van der Waals surface area contributed by atoms with Gasteiger partial charge in [-0.25, -0.2) is 0 Å². The Morgan fingerprint density at radius 1 is 0.731 bits per heavy atom. The zero-order valence-corrected chi connectivity index (χ0v) is 39.3. The fourth-order valence-electron chi connectivity index (χ4n) is 15.0. The van der Waals surface area contributed by atoms with Crippen molar-refractivity contribution in [1.29, 1.82) is 0 Å². The summed E-state index contributed by atoms with van der Waals surface area (Å²) < 4.78 is 41.0. The molecule has 0 bridgehead atoms. The van der Waals surface area contributed by atoms with Gasteiger partial charge in [-0.05, 0) is 100 Å². The van der Waals surface area contributed by atoms with E-state index in [0.717, 1.165) is 24.0 Å². The number of ether oxygens (including phenoxy) is 7. The van der Waals surface area contributed by atoms with Gasteiger partial charge in [0.1, 0.15) is 73.2 Å². The van der Waals surface area contributed by atoms with Gasteiger partial charge in [-0.15, -0.1) is 0 Å². The van der Waals surface area contributed by atoms with Crippen LogP contribution in [0, 0.1) is 51.2 Å². The molecule has 8 fully saturated rings. The number of aliphatic hydroxyl groups excluding tert-OH is 10. The van der Waals surface area contributed by atoms with E-state index in [4.69, 9.17) is 33.2 Å². The lowest BCUT2D eigenvalue weighted by atomic mass is 9.33. The molecule has 19 nitrogen and oxygen atoms in total. The third kappa shape index (κ3) is 7.98. The molecule has 67 heavy (non-hydrogen) atoms. The fourth-order valence-corrected chi connectivity index (χ4v) is 15.0. The van der Waals surface area contributed by atoms with Crippen molar-refractivity contribution >= 4 is 11.9 Å². The van der Waals surface area contributed by atoms with Gasteiger partial charge in [-0.1, -0.05) is 45.1 Å². The number of carbonyl (C=O) groups is 2. The summed E-state index contributed by atoms with van der Waals surface area (Å²) in [6.45, 7) is 19.3. The van der Waals surface area contributed by atoms with Crippen LogP contribution in [0.15, 0.2) is 24.3 Å². The van der Waals surface area contributed by atoms with Gasteiger partial charge in [0.25, 0.3) is 0 Å². The first-order valence-electron chi connectivity index (χ1n) is 24.1. The molecule has 10 N–H and O–H groups in total. The first-order valence-corrected chi connectivity index (χ1v) is 24.1. The van der Waals surface area contributed by atoms with Crippen LogP contribution < -0.4 is 0 Å². The molecule has 0 unspecified atom stereocenters. The normalized spacial score (nSPS) is 54.1. The van der Waals surface area contributed by atoms with Gasteiger partial charge >= 0.3 is 11.9 Å². The SMILES string of the molecule is C=C(C)[C@@H]1CC[C@]2(C(=O)O[C@@H]3O[C@H](CO[C@@H]4O[C@H](CO)[C@@H](O[C@@H]5O[C@@H](C)[C@H](O)[C@@H](O)[C@H]5O)[C@H](O)[C@H]4O)[C@@H](O)[C@H](O)[C@H]3O)CC[C@]3(C)[C@H](C[C@H]4OC(=O)C[C@H](O)[C@]5(C)[C@@H]4[C@@]3(C)CC[C@H]5C(=C)C)[C@@H]12. The molecule has 4 saturated carbocycles. The first kappa shape index (κ1) is 51.2. The van der Waals surface area contributed by atoms with Crippen molar-refractivity contribution in [3.8, 4) is 0 Å². The van der Waals surface area contributed by atoms with Gasteiger partial charge in [-0.3, -0.25) is 9.59 Å². The number of allylic oxidation sites excluding steroid dienone is 2. The summed E-state index contributed by atoms with van der Waals surface area (Å²) in [5, 5.41) is 108. The second kappa shape index (κ2) is 18.5. The molecule has 4 heterocycles. The van der Waals surface area contributed by atoms with Crippen molar-refractivity contribution < 1.29 is 93.8 Å². The number of hydrogen-bond donors (Lipinski definition) is 10. The lowest BCUT2D eigenvalue weighted by Crippen LogP contribution is -2.69. The maximum absolute atomic E-state index is 15.0. The lowest BCUT2D eigenvalue weighted by Gasteiger charge is -2.71. The minimum atomic E-state index is -1.89. The van der Waals surface area contributed by atoms with Crippen LogP contribution in [0.2, 0.25) is 0 Å². The van der Waals surface area contributed by atoms with Gasteiger partial charge in [0.05, 0.1) is 37.3 Å². The number of hydrogen-bond acceptors (Lipinski definition) is 19. The molecule has 0 aromatic carbocycles. The van der Waals surface area contributed by atoms with Crippen LogP contribution in [0.4, 0.5) is 0 Å². The van der Waals surface area contributed by atoms with Gasteiger partial charge in [-0.2, -0.15) is 0 Å². The van der Waals surface area contributed by atoms with Crippen LogP contribution in [0.3, 0.4) is 0 Å². The van der Waals surface area contributed by atoms with Crippen molar-refractivity contribution in [1.82, 2.24) is 0 Å². The maximum atomic E-state index is 15.0. The van der Waals surface area contributed by atoms with Crippen molar-refractivity contribution in [2.45, 2.75) is 197 Å². The smallest absolute Gasteiger partial charge is 0.314 e. The standard InChI is InChI=1S/C48H74O19/c1-19(2)22-9-12-48(14-13-45(6)24(30(22)48)15-25-40-46(45,7)11-10-23(20(3)4)47(40,8)28(50)16-29(51)63-25)44(60)67-43-37(58)34(55)32(53)27(65-43)18-61-41-38(59)35(56)39(26(17-49)64-41)66-42-36(57)33(54)31(52)21(5)62-42/h21-28,30-43,49-50,52-59H,1,3,9-18H2,2,4-8H3/t21-,22-,23-,24+,25+,26+,27+,28-,30+,31-,32+,33+,34-,35+,36+,37+,38+,39+,40-,41+,42-,43-,45+,46+,47+,48-/m0/s1. The Morgan fingerprint density at radius 2 is 1.37 bits per heavy atom. The molecule has 0 aromatic rings. The number of aliphatic hydroxyl groups is 10. The number of fused-ring (bicyclic) bond motifs is 4. The summed E-state index contributed by atoms with van der Waals surface area (Å²) in [5.74, 6) is -1.91. The molecule has 380 valence electrons. The van der Waals surface area contributed by atoms with E-state index in [1.165, 1.54) is 6.92 Å². The van der Waals surface area contributed by atoms with Crippen LogP contribution in [-0.2, 0) is 42.7 Å². The zero-order valence-electron chi connectivity index (χ0n) is 39.3. The maximum Gasteiger partial charge on any atom is 0.314 e. The zero-order chi connectivity index (χ0) is 49.0. The predicted octanol–water partition coefficient (Wildman–Crippen LogP) is -0.294. The minimum absolute atomic E-state index is 0.0263. The third-order valence-electron chi connectivity index (χ3n) is 18.8. The molecule has 8 rings (SSSR count). The second-order valence-corrected chi connectivity index (χ2v) is 22.1. The topological polar surface area (TPSA) is 301 Å². The van der Waals surface area contributed by atoms with Gasteiger partial charge < -0.3 is 84.2 Å². The van der Waals surface area contributed by atoms with Crippen LogP contribution in [0.1, 0.15) is 92.9 Å². The Labute approximate surface area is 391 Å². The molecule has 0 amide bonds. The summed E-state index contributed by atoms with van der Waals surface area (Å²) in [4.78, 5) is 28.5. The highest BCUT2D eigenvalue weighted by Crippen LogP contribution is 2.77. The molecule has 4 saturated heterocycles. The molecule has 19 heteroatoms. The highest BCUT2D eigenvalue weighted by molar-refractivity contribution is 5.78. The summed E-state index contributed by atoms with van der Waals surface area (Å²) in [7, 11) is 0. The molecule has 26 atom stereocenters. The number of carbonyl (C=O) groups excluding carboxylic acids is 2. The fraction of sp³-hybridized carbons (Fsp3) is 0.875.